The Morgan fingerprint density at radius 2 is 0.574 bits per heavy atom. The van der Waals surface area contributed by atoms with Gasteiger partial charge in [0.1, 0.15) is 0 Å². The predicted octanol–water partition coefficient (Wildman–Crippen LogP) is 25.3. The van der Waals surface area contributed by atoms with Gasteiger partial charge in [-0.25, -0.2) is 0 Å². The normalized spacial score (nSPS) is 16.6. The highest BCUT2D eigenvalue weighted by molar-refractivity contribution is 7.11. The number of benzene rings is 14. The molecule has 0 atom stereocenters. The van der Waals surface area contributed by atoms with E-state index >= 15 is 0 Å². The molecule has 0 bridgehead atoms. The molecule has 0 spiro atoms. The van der Waals surface area contributed by atoms with E-state index in [0.717, 1.165) is 44.0 Å². The van der Waals surface area contributed by atoms with Crippen molar-refractivity contribution in [1.29, 1.82) is 0 Å². The molecule has 5 heterocycles. The van der Waals surface area contributed by atoms with E-state index in [9.17, 15) is 0 Å². The predicted molar refractivity (Wildman–Crippen MR) is 460 cm³/mol. The molecule has 0 N–H and O–H groups in total. The molecule has 2 aromatic heterocycles. The third-order valence-electron chi connectivity index (χ3n) is 23.3. The Kier molecular flexibility index (Phi) is 19.0. The molecule has 3 aliphatic heterocycles. The Morgan fingerprint density at radius 3 is 0.991 bits per heavy atom. The Labute approximate surface area is 641 Å². The average Bonchev–Trinajstić information content (AvgIpc) is 1.44. The summed E-state index contributed by atoms with van der Waals surface area (Å²) >= 11 is 6.90. The molecular formula is C96H92B3ClN2O6. The fourth-order valence-corrected chi connectivity index (χ4v) is 15.8. The molecular weight excluding hydrogens is 1340 g/mol. The summed E-state index contributed by atoms with van der Waals surface area (Å²) in [6.45, 7) is 24.7. The minimum absolute atomic E-state index is 0. The number of rotatable bonds is 8. The minimum atomic E-state index is -0.506. The van der Waals surface area contributed by atoms with Gasteiger partial charge in [0.05, 0.1) is 55.7 Å². The van der Waals surface area contributed by atoms with E-state index in [1.165, 1.54) is 109 Å². The second-order valence-electron chi connectivity index (χ2n) is 31.6. The second kappa shape index (κ2) is 27.9. The summed E-state index contributed by atoms with van der Waals surface area (Å²) in [5.74, 6) is 0. The van der Waals surface area contributed by atoms with Crippen LogP contribution in [0.4, 0.5) is 0 Å². The number of hydrogen-bond acceptors (Lipinski definition) is 6. The third-order valence-corrected chi connectivity index (χ3v) is 23.6. The van der Waals surface area contributed by atoms with Crippen molar-refractivity contribution in [3.8, 4) is 55.9 Å². The van der Waals surface area contributed by atoms with Crippen LogP contribution in [0.25, 0.3) is 143 Å². The Balaban J connectivity index is 0.000000140. The van der Waals surface area contributed by atoms with E-state index in [0.29, 0.717) is 0 Å². The van der Waals surface area contributed by atoms with Gasteiger partial charge < -0.3 is 37.1 Å². The lowest BCUT2D eigenvalue weighted by molar-refractivity contribution is 0.00578. The first-order valence-corrected chi connectivity index (χ1v) is 37.3. The zero-order valence-electron chi connectivity index (χ0n) is 62.2. The lowest BCUT2D eigenvalue weighted by atomic mass is 9.49. The number of halogens is 1. The molecule has 12 heteroatoms. The lowest BCUT2D eigenvalue weighted by Gasteiger charge is -2.32. The maximum atomic E-state index is 6.90. The average molecular weight is 1440 g/mol. The van der Waals surface area contributed by atoms with Gasteiger partial charge in [-0.2, -0.15) is 0 Å². The fourth-order valence-electron chi connectivity index (χ4n) is 15.6. The molecule has 16 aromatic rings. The van der Waals surface area contributed by atoms with Crippen molar-refractivity contribution in [2.75, 3.05) is 0 Å². The summed E-state index contributed by atoms with van der Waals surface area (Å²) in [7, 11) is -1.46. The number of aromatic nitrogens is 2. The quantitative estimate of drug-likeness (QED) is 0.112. The molecule has 0 unspecified atom stereocenters. The van der Waals surface area contributed by atoms with Crippen LogP contribution in [-0.2, 0) is 27.9 Å². The molecule has 0 radical (unpaired) electrons. The molecule has 14 aromatic carbocycles. The van der Waals surface area contributed by atoms with Crippen LogP contribution in [0.2, 0.25) is 5.02 Å². The van der Waals surface area contributed by atoms with Crippen LogP contribution in [0.15, 0.2) is 291 Å². The third kappa shape index (κ3) is 12.9. The zero-order valence-corrected chi connectivity index (χ0v) is 62.9. The molecule has 19 rings (SSSR count). The van der Waals surface area contributed by atoms with Gasteiger partial charge in [-0.05, 0) is 243 Å². The summed E-state index contributed by atoms with van der Waals surface area (Å²) in [5, 5.41) is 15.5. The standard InChI is InChI=1S/C44H36BNO2.C38H24ClN.C12H24B2O4.2CH4/c1-43(2)44(3,4)48-45(47-43)33-24-32(40-26-31-16-8-9-17-35(31)36-18-10-11-19-37(36)40)25-34(28-33)46-41-21-13-12-20-38(41)39-23-22-30(27-42(39)46)29-14-6-5-7-15-29;39-29-20-28(36-22-27-12-4-5-13-31(27)32-14-6-7-15-33(32)36)21-30(24-29)40-37-17-9-8-16-34(37)35-19-18-26(23-38(35)40)25-10-2-1-3-11-25;1-9(2)10(3,4)16-13(15-9)14-17-11(5,6)12(7,8)18-14;;/h5-28H,1-4H3;1-24H;1-8H3;2*1H4. The highest BCUT2D eigenvalue weighted by atomic mass is 35.5. The van der Waals surface area contributed by atoms with Gasteiger partial charge in [-0.1, -0.05) is 251 Å². The molecule has 3 saturated heterocycles. The van der Waals surface area contributed by atoms with Crippen molar-refractivity contribution in [3.05, 3.63) is 296 Å². The lowest BCUT2D eigenvalue weighted by Crippen LogP contribution is -2.41. The largest absolute Gasteiger partial charge is 0.494 e. The Morgan fingerprint density at radius 1 is 0.250 bits per heavy atom. The van der Waals surface area contributed by atoms with Gasteiger partial charge in [-0.3, -0.25) is 0 Å². The minimum Gasteiger partial charge on any atom is -0.405 e. The van der Waals surface area contributed by atoms with E-state index in [1.54, 1.807) is 0 Å². The van der Waals surface area contributed by atoms with Crippen LogP contribution < -0.4 is 5.46 Å². The number of nitrogens with zero attached hydrogens (tertiary/aromatic N) is 2. The zero-order chi connectivity index (χ0) is 73.2. The highest BCUT2D eigenvalue weighted by Crippen LogP contribution is 2.46. The van der Waals surface area contributed by atoms with Crippen molar-refractivity contribution >= 4 is 125 Å². The number of fused-ring (bicyclic) bond motifs is 12. The van der Waals surface area contributed by atoms with Crippen molar-refractivity contribution in [2.45, 2.75) is 132 Å². The Bertz CT molecular complexity index is 6040. The van der Waals surface area contributed by atoms with Gasteiger partial charge in [0.15, 0.2) is 0 Å². The van der Waals surface area contributed by atoms with Crippen LogP contribution in [0, 0.1) is 0 Å². The van der Waals surface area contributed by atoms with E-state index in [1.807, 2.05) is 55.4 Å². The van der Waals surface area contributed by atoms with Gasteiger partial charge in [0.25, 0.3) is 0 Å². The Hall–Kier alpha value is -10.0. The fraction of sp³-hybridized carbons (Fsp3) is 0.208. The molecule has 3 fully saturated rings. The molecule has 0 amide bonds. The van der Waals surface area contributed by atoms with Crippen molar-refractivity contribution < 1.29 is 27.9 Å². The first kappa shape index (κ1) is 73.5. The van der Waals surface area contributed by atoms with Crippen LogP contribution >= 0.6 is 11.6 Å². The first-order chi connectivity index (χ1) is 50.9. The van der Waals surface area contributed by atoms with Crippen LogP contribution in [-0.4, -0.2) is 63.9 Å². The van der Waals surface area contributed by atoms with E-state index in [4.69, 9.17) is 39.5 Å². The van der Waals surface area contributed by atoms with E-state index < -0.39 is 32.3 Å². The molecule has 8 nitrogen and oxygen atoms in total. The van der Waals surface area contributed by atoms with Crippen LogP contribution in [0.3, 0.4) is 0 Å². The maximum absolute atomic E-state index is 6.90. The summed E-state index contributed by atoms with van der Waals surface area (Å²) in [4.78, 5) is 0. The number of hydrogen-bond donors (Lipinski definition) is 0. The topological polar surface area (TPSA) is 65.2 Å². The summed E-state index contributed by atoms with van der Waals surface area (Å²) in [6, 6.07) is 105. The SMILES string of the molecule is C.C.CC1(C)OB(B2OC(C)(C)C(C)(C)O2)OC1(C)C.CC1(C)OB(c2cc(-c3cc4ccccc4c4ccccc34)cc(-n3c4ccccc4c4ccc(-c5ccccc5)cc43)c2)OC1(C)C.Clc1cc(-c2cc3ccccc3c3ccccc23)cc(-n2c3ccccc3c3ccc(-c4ccccc4)cc32)c1. The van der Waals surface area contributed by atoms with Crippen molar-refractivity contribution in [2.24, 2.45) is 0 Å². The van der Waals surface area contributed by atoms with Gasteiger partial charge >= 0.3 is 21.1 Å². The van der Waals surface area contributed by atoms with E-state index in [2.05, 4.69) is 328 Å². The maximum Gasteiger partial charge on any atom is 0.494 e. The second-order valence-corrected chi connectivity index (χ2v) is 32.1. The molecule has 108 heavy (non-hydrogen) atoms. The van der Waals surface area contributed by atoms with Crippen LogP contribution in [0.1, 0.15) is 97.9 Å². The van der Waals surface area contributed by atoms with Gasteiger partial charge in [-0.15, -0.1) is 0 Å². The van der Waals surface area contributed by atoms with Crippen molar-refractivity contribution in [1.82, 2.24) is 9.13 Å². The summed E-state index contributed by atoms with van der Waals surface area (Å²) in [6.07, 6.45) is 0. The monoisotopic (exact) mass is 1440 g/mol. The van der Waals surface area contributed by atoms with Crippen molar-refractivity contribution in [3.63, 3.8) is 0 Å². The number of para-hydroxylation sites is 2. The van der Waals surface area contributed by atoms with Crippen LogP contribution in [0.5, 0.6) is 0 Å². The summed E-state index contributed by atoms with van der Waals surface area (Å²) in [5.41, 5.74) is 14.8. The molecule has 0 aliphatic carbocycles. The molecule has 3 aliphatic rings. The van der Waals surface area contributed by atoms with E-state index in [-0.39, 0.29) is 37.3 Å². The highest BCUT2D eigenvalue weighted by Gasteiger charge is 2.64. The summed E-state index contributed by atoms with van der Waals surface area (Å²) < 4.78 is 42.0. The smallest absolute Gasteiger partial charge is 0.405 e. The first-order valence-electron chi connectivity index (χ1n) is 36.9. The van der Waals surface area contributed by atoms with Gasteiger partial charge in [0, 0.05) is 37.9 Å². The molecule has 0 saturated carbocycles. The molecule has 538 valence electrons. The van der Waals surface area contributed by atoms with Gasteiger partial charge in [0.2, 0.25) is 0 Å².